The molecule has 0 spiro atoms. The van der Waals surface area contributed by atoms with Gasteiger partial charge < -0.3 is 14.0 Å². The maximum Gasteiger partial charge on any atom is 0.244 e. The van der Waals surface area contributed by atoms with E-state index in [-0.39, 0.29) is 17.2 Å². The SMILES string of the molecule is COc1ccc(OC)c(S(=O)(=O)NCCc2cn3c(n2)SCC3)c1. The molecule has 1 aromatic carbocycles. The lowest BCUT2D eigenvalue weighted by Crippen LogP contribution is -2.26. The van der Waals surface area contributed by atoms with Crippen LogP contribution in [0.15, 0.2) is 34.4 Å². The Kier molecular flexibility index (Phi) is 5.02. The summed E-state index contributed by atoms with van der Waals surface area (Å²) >= 11 is 1.72. The second kappa shape index (κ2) is 7.04. The van der Waals surface area contributed by atoms with Gasteiger partial charge in [-0.1, -0.05) is 11.8 Å². The van der Waals surface area contributed by atoms with E-state index < -0.39 is 10.0 Å². The molecule has 1 aliphatic heterocycles. The van der Waals surface area contributed by atoms with Gasteiger partial charge in [-0.05, 0) is 12.1 Å². The Morgan fingerprint density at radius 2 is 2.17 bits per heavy atom. The van der Waals surface area contributed by atoms with Crippen LogP contribution in [0.2, 0.25) is 0 Å². The molecule has 0 saturated carbocycles. The van der Waals surface area contributed by atoms with Crippen LogP contribution < -0.4 is 14.2 Å². The van der Waals surface area contributed by atoms with Crippen molar-refractivity contribution in [2.75, 3.05) is 26.5 Å². The summed E-state index contributed by atoms with van der Waals surface area (Å²) in [6.45, 7) is 1.23. The van der Waals surface area contributed by atoms with Crippen LogP contribution in [0.5, 0.6) is 11.5 Å². The highest BCUT2D eigenvalue weighted by atomic mass is 32.2. The van der Waals surface area contributed by atoms with Gasteiger partial charge in [0.05, 0.1) is 19.9 Å². The van der Waals surface area contributed by atoms with E-state index in [9.17, 15) is 8.42 Å². The Balaban J connectivity index is 1.69. The molecule has 1 N–H and O–H groups in total. The number of nitrogens with zero attached hydrogens (tertiary/aromatic N) is 2. The molecule has 24 heavy (non-hydrogen) atoms. The number of thioether (sulfide) groups is 1. The lowest BCUT2D eigenvalue weighted by molar-refractivity contribution is 0.392. The van der Waals surface area contributed by atoms with Crippen molar-refractivity contribution in [1.29, 1.82) is 0 Å². The normalized spacial score (nSPS) is 13.8. The van der Waals surface area contributed by atoms with Crippen LogP contribution in [-0.2, 0) is 23.0 Å². The van der Waals surface area contributed by atoms with Crippen LogP contribution in [0.1, 0.15) is 5.69 Å². The molecule has 0 aliphatic carbocycles. The first-order valence-corrected chi connectivity index (χ1v) is 9.91. The van der Waals surface area contributed by atoms with Crippen molar-refractivity contribution in [3.63, 3.8) is 0 Å². The minimum Gasteiger partial charge on any atom is -0.497 e. The summed E-state index contributed by atoms with van der Waals surface area (Å²) < 4.78 is 40.0. The van der Waals surface area contributed by atoms with Crippen LogP contribution in [0, 0.1) is 0 Å². The summed E-state index contributed by atoms with van der Waals surface area (Å²) in [6, 6.07) is 4.68. The fourth-order valence-electron chi connectivity index (χ4n) is 2.47. The van der Waals surface area contributed by atoms with Crippen LogP contribution in [0.3, 0.4) is 0 Å². The molecule has 1 aliphatic rings. The average Bonchev–Trinajstić information content (AvgIpc) is 3.15. The smallest absolute Gasteiger partial charge is 0.244 e. The Morgan fingerprint density at radius 1 is 1.33 bits per heavy atom. The monoisotopic (exact) mass is 369 g/mol. The lowest BCUT2D eigenvalue weighted by Gasteiger charge is -2.11. The zero-order valence-corrected chi connectivity index (χ0v) is 15.1. The largest absolute Gasteiger partial charge is 0.497 e. The molecule has 130 valence electrons. The summed E-state index contributed by atoms with van der Waals surface area (Å²) in [5.74, 6) is 1.78. The van der Waals surface area contributed by atoms with Gasteiger partial charge in [-0.3, -0.25) is 0 Å². The van der Waals surface area contributed by atoms with E-state index in [1.165, 1.54) is 20.3 Å². The minimum atomic E-state index is -3.70. The number of sulfonamides is 1. The summed E-state index contributed by atoms with van der Waals surface area (Å²) in [5.41, 5.74) is 0.887. The molecule has 0 atom stereocenters. The van der Waals surface area contributed by atoms with Crippen molar-refractivity contribution < 1.29 is 17.9 Å². The maximum absolute atomic E-state index is 12.5. The van der Waals surface area contributed by atoms with Crippen LogP contribution in [-0.4, -0.2) is 44.5 Å². The molecule has 9 heteroatoms. The third kappa shape index (κ3) is 3.52. The number of fused-ring (bicyclic) bond motifs is 1. The molecule has 0 saturated heterocycles. The number of hydrogen-bond donors (Lipinski definition) is 1. The van der Waals surface area contributed by atoms with Crippen molar-refractivity contribution in [2.45, 2.75) is 23.0 Å². The van der Waals surface area contributed by atoms with Gasteiger partial charge in [0, 0.05) is 37.5 Å². The van der Waals surface area contributed by atoms with Crippen molar-refractivity contribution in [3.8, 4) is 11.5 Å². The molecule has 3 rings (SSSR count). The van der Waals surface area contributed by atoms with Gasteiger partial charge >= 0.3 is 0 Å². The van der Waals surface area contributed by atoms with Crippen LogP contribution in [0.25, 0.3) is 0 Å². The molecule has 0 bridgehead atoms. The van der Waals surface area contributed by atoms with E-state index in [0.717, 1.165) is 23.1 Å². The highest BCUT2D eigenvalue weighted by Crippen LogP contribution is 2.28. The van der Waals surface area contributed by atoms with Gasteiger partial charge in [0.25, 0.3) is 0 Å². The predicted molar refractivity (Wildman–Crippen MR) is 91.4 cm³/mol. The van der Waals surface area contributed by atoms with Gasteiger partial charge in [0.2, 0.25) is 10.0 Å². The zero-order valence-electron chi connectivity index (χ0n) is 13.5. The summed E-state index contributed by atoms with van der Waals surface area (Å²) in [6.07, 6.45) is 2.52. The lowest BCUT2D eigenvalue weighted by atomic mass is 10.3. The van der Waals surface area contributed by atoms with E-state index in [1.807, 2.05) is 6.20 Å². The van der Waals surface area contributed by atoms with Gasteiger partial charge in [-0.2, -0.15) is 0 Å². The molecule has 2 heterocycles. The standard InChI is InChI=1S/C15H19N3O4S2/c1-21-12-3-4-13(22-2)14(9-12)24(19,20)16-6-5-11-10-18-7-8-23-15(18)17-11/h3-4,9-10,16H,5-8H2,1-2H3. The maximum atomic E-state index is 12.5. The molecule has 0 fully saturated rings. The van der Waals surface area contributed by atoms with E-state index in [2.05, 4.69) is 14.3 Å². The molecule has 0 unspecified atom stereocenters. The first-order chi connectivity index (χ1) is 11.5. The van der Waals surface area contributed by atoms with Crippen molar-refractivity contribution in [3.05, 3.63) is 30.1 Å². The third-order valence-electron chi connectivity index (χ3n) is 3.69. The highest BCUT2D eigenvalue weighted by Gasteiger charge is 2.21. The number of aryl methyl sites for hydroxylation is 1. The molecule has 0 radical (unpaired) electrons. The first-order valence-electron chi connectivity index (χ1n) is 7.44. The number of methoxy groups -OCH3 is 2. The Labute approximate surface area is 145 Å². The summed E-state index contributed by atoms with van der Waals surface area (Å²) in [7, 11) is -0.772. The molecular weight excluding hydrogens is 350 g/mol. The number of imidazole rings is 1. The molecule has 1 aromatic heterocycles. The van der Waals surface area contributed by atoms with Crippen molar-refractivity contribution in [1.82, 2.24) is 14.3 Å². The van der Waals surface area contributed by atoms with Gasteiger partial charge in [-0.25, -0.2) is 18.1 Å². The first kappa shape index (κ1) is 17.1. The fraction of sp³-hybridized carbons (Fsp3) is 0.400. The summed E-state index contributed by atoms with van der Waals surface area (Å²) in [5, 5.41) is 1.00. The minimum absolute atomic E-state index is 0.0623. The van der Waals surface area contributed by atoms with E-state index in [4.69, 9.17) is 9.47 Å². The van der Waals surface area contributed by atoms with Gasteiger partial charge in [0.15, 0.2) is 5.16 Å². The number of benzene rings is 1. The second-order valence-electron chi connectivity index (χ2n) is 5.22. The van der Waals surface area contributed by atoms with Crippen molar-refractivity contribution >= 4 is 21.8 Å². The zero-order chi connectivity index (χ0) is 17.2. The molecule has 2 aromatic rings. The molecule has 0 amide bonds. The second-order valence-corrected chi connectivity index (χ2v) is 8.02. The van der Waals surface area contributed by atoms with E-state index in [0.29, 0.717) is 12.2 Å². The van der Waals surface area contributed by atoms with Crippen LogP contribution in [0.4, 0.5) is 0 Å². The van der Waals surface area contributed by atoms with Gasteiger partial charge in [-0.15, -0.1) is 0 Å². The Bertz CT molecular complexity index is 812. The topological polar surface area (TPSA) is 82.5 Å². The predicted octanol–water partition coefficient (Wildman–Crippen LogP) is 1.53. The quantitative estimate of drug-likeness (QED) is 0.797. The summed E-state index contributed by atoms with van der Waals surface area (Å²) in [4.78, 5) is 4.55. The molecule has 7 nitrogen and oxygen atoms in total. The molecular formula is C15H19N3O4S2. The average molecular weight is 369 g/mol. The number of nitrogens with one attached hydrogen (secondary N) is 1. The number of hydrogen-bond acceptors (Lipinski definition) is 6. The number of aromatic nitrogens is 2. The number of ether oxygens (including phenoxy) is 2. The van der Waals surface area contributed by atoms with Crippen molar-refractivity contribution in [2.24, 2.45) is 0 Å². The fourth-order valence-corrected chi connectivity index (χ4v) is 4.64. The van der Waals surface area contributed by atoms with Crippen LogP contribution >= 0.6 is 11.8 Å². The number of rotatable bonds is 7. The highest BCUT2D eigenvalue weighted by molar-refractivity contribution is 7.99. The van der Waals surface area contributed by atoms with E-state index >= 15 is 0 Å². The van der Waals surface area contributed by atoms with Gasteiger partial charge in [0.1, 0.15) is 16.4 Å². The Morgan fingerprint density at radius 3 is 2.88 bits per heavy atom. The third-order valence-corrected chi connectivity index (χ3v) is 6.14. The Hall–Kier alpha value is -1.71. The van der Waals surface area contributed by atoms with E-state index in [1.54, 1.807) is 23.9 Å².